The number of aryl methyl sites for hydroxylation is 2. The highest BCUT2D eigenvalue weighted by Gasteiger charge is 2.40. The Kier molecular flexibility index (Phi) is 7.72. The third-order valence-electron chi connectivity index (χ3n) is 7.92. The molecule has 226 valence electrons. The topological polar surface area (TPSA) is 44.1 Å². The van der Waals surface area contributed by atoms with Crippen LogP contribution < -0.4 is 11.0 Å². The van der Waals surface area contributed by atoms with E-state index in [1.54, 1.807) is 18.2 Å². The molecule has 0 atom stereocenters. The molecule has 45 heavy (non-hydrogen) atoms. The van der Waals surface area contributed by atoms with Gasteiger partial charge in [-0.3, -0.25) is 15.2 Å². The van der Waals surface area contributed by atoms with Gasteiger partial charge in [-0.05, 0) is 102 Å². The zero-order valence-corrected chi connectivity index (χ0v) is 25.1. The number of hydrogen-bond acceptors (Lipinski definition) is 3. The fraction of sp³-hybridized carbons (Fsp3) is 0.0833. The van der Waals surface area contributed by atoms with E-state index in [4.69, 9.17) is 11.6 Å². The van der Waals surface area contributed by atoms with Crippen LogP contribution in [0.25, 0.3) is 22.4 Å². The summed E-state index contributed by atoms with van der Waals surface area (Å²) in [6, 6.07) is 16.9. The van der Waals surface area contributed by atoms with Crippen molar-refractivity contribution in [2.45, 2.75) is 20.3 Å². The van der Waals surface area contributed by atoms with Crippen LogP contribution in [0.15, 0.2) is 97.2 Å². The third kappa shape index (κ3) is 5.59. The molecular formula is C36H26ClF4N3O. The Bertz CT molecular complexity index is 2030. The van der Waals surface area contributed by atoms with Crippen molar-refractivity contribution < 1.29 is 22.4 Å². The molecule has 4 aromatic rings. The molecule has 9 heteroatoms. The normalized spacial score (nSPS) is 14.1. The lowest BCUT2D eigenvalue weighted by Crippen LogP contribution is -2.43. The number of rotatable bonds is 7. The van der Waals surface area contributed by atoms with Gasteiger partial charge in [-0.15, -0.1) is 5.53 Å². The standard InChI is InChI=1S/C36H26ClF4N3O/c1-18-5-9-26(19(2)13-18)21(4)34-35(30-17-25(39)8-12-32(30)41)44(34)43-42-36(45)33-20(3)27-10-6-23(37)14-22(27)15-29(33)28-16-24(38)7-11-31(28)40/h5-14,16-17,43H,3-4,15H2,1-2H3,(H,42,45). The number of fused-ring (bicyclic) bond motifs is 1. The lowest BCUT2D eigenvalue weighted by Gasteiger charge is -2.26. The molecule has 4 aromatic carbocycles. The molecule has 4 nitrogen and oxygen atoms in total. The largest absolute Gasteiger partial charge is 0.269 e. The van der Waals surface area contributed by atoms with Crippen molar-refractivity contribution in [2.75, 3.05) is 0 Å². The summed E-state index contributed by atoms with van der Waals surface area (Å²) in [4.78, 5) is 13.9. The second kappa shape index (κ2) is 11.5. The summed E-state index contributed by atoms with van der Waals surface area (Å²) >= 11 is 6.21. The first kappa shape index (κ1) is 30.1. The minimum absolute atomic E-state index is 0.0249. The number of carbonyl (C=O) groups excluding carboxylic acids is 1. The van der Waals surface area contributed by atoms with E-state index in [1.807, 2.05) is 32.0 Å². The minimum Gasteiger partial charge on any atom is -0.269 e. The Hall–Kier alpha value is -4.92. The van der Waals surface area contributed by atoms with Crippen molar-refractivity contribution in [1.29, 1.82) is 0 Å². The summed E-state index contributed by atoms with van der Waals surface area (Å²) in [6.07, 6.45) is 0.0779. The van der Waals surface area contributed by atoms with E-state index < -0.39 is 29.2 Å². The zero-order chi connectivity index (χ0) is 32.2. The summed E-state index contributed by atoms with van der Waals surface area (Å²) < 4.78 is 58.6. The van der Waals surface area contributed by atoms with Gasteiger partial charge in [-0.1, -0.05) is 54.6 Å². The number of carbonyl (C=O) groups is 1. The van der Waals surface area contributed by atoms with E-state index in [0.29, 0.717) is 27.4 Å². The van der Waals surface area contributed by atoms with Gasteiger partial charge >= 0.3 is 0 Å². The van der Waals surface area contributed by atoms with Crippen LogP contribution in [0.3, 0.4) is 0 Å². The maximum absolute atomic E-state index is 15.1. The molecule has 1 aliphatic heterocycles. The molecule has 2 aliphatic rings. The predicted octanol–water partition coefficient (Wildman–Crippen LogP) is 8.47. The quantitative estimate of drug-likeness (QED) is 0.160. The van der Waals surface area contributed by atoms with Gasteiger partial charge in [0.1, 0.15) is 23.3 Å². The fourth-order valence-corrected chi connectivity index (χ4v) is 5.96. The van der Waals surface area contributed by atoms with Gasteiger partial charge in [-0.25, -0.2) is 17.6 Å². The first-order valence-electron chi connectivity index (χ1n) is 13.9. The summed E-state index contributed by atoms with van der Waals surface area (Å²) in [5, 5.41) is 1.83. The second-order valence-electron chi connectivity index (χ2n) is 11.0. The van der Waals surface area contributed by atoms with E-state index in [1.165, 1.54) is 5.01 Å². The minimum atomic E-state index is -0.716. The SMILES string of the molecule is C=C(C1=C(c2cc(F)ccc2F)N1NNC(=O)C1=C(c2cc(F)ccc2F)Cc2cc(Cl)ccc2C1=C)c1ccc(C)cc1C. The number of allylic oxidation sites excluding steroid dienone is 2. The summed E-state index contributed by atoms with van der Waals surface area (Å²) in [7, 11) is 0. The van der Waals surface area contributed by atoms with Crippen LogP contribution in [0, 0.1) is 37.1 Å². The van der Waals surface area contributed by atoms with Gasteiger partial charge in [0.25, 0.3) is 5.91 Å². The number of hydrogen-bond donors (Lipinski definition) is 2. The molecule has 1 aliphatic carbocycles. The summed E-state index contributed by atoms with van der Waals surface area (Å²) in [6.45, 7) is 12.2. The van der Waals surface area contributed by atoms with Crippen LogP contribution in [-0.2, 0) is 11.2 Å². The van der Waals surface area contributed by atoms with Crippen LogP contribution in [-0.4, -0.2) is 10.9 Å². The lowest BCUT2D eigenvalue weighted by atomic mass is 9.80. The molecule has 1 heterocycles. The van der Waals surface area contributed by atoms with Crippen molar-refractivity contribution in [3.05, 3.63) is 164 Å². The molecule has 0 spiro atoms. The molecule has 0 saturated heterocycles. The smallest absolute Gasteiger partial charge is 0.267 e. The van der Waals surface area contributed by atoms with Crippen molar-refractivity contribution in [2.24, 2.45) is 0 Å². The molecule has 0 radical (unpaired) electrons. The molecule has 0 saturated carbocycles. The van der Waals surface area contributed by atoms with Crippen LogP contribution in [0.5, 0.6) is 0 Å². The number of nitrogens with zero attached hydrogens (tertiary/aromatic N) is 1. The summed E-state index contributed by atoms with van der Waals surface area (Å²) in [5.74, 6) is -3.41. The van der Waals surface area contributed by atoms with E-state index in [0.717, 1.165) is 53.1 Å². The van der Waals surface area contributed by atoms with Gasteiger partial charge in [-0.2, -0.15) is 0 Å². The van der Waals surface area contributed by atoms with Crippen molar-refractivity contribution in [1.82, 2.24) is 16.0 Å². The summed E-state index contributed by atoms with van der Waals surface area (Å²) in [5.41, 5.74) is 11.0. The maximum Gasteiger partial charge on any atom is 0.267 e. The monoisotopic (exact) mass is 627 g/mol. The average Bonchev–Trinajstić information content (AvgIpc) is 3.71. The van der Waals surface area contributed by atoms with Crippen molar-refractivity contribution in [3.63, 3.8) is 0 Å². The lowest BCUT2D eigenvalue weighted by molar-refractivity contribution is -0.118. The van der Waals surface area contributed by atoms with Crippen LogP contribution in [0.4, 0.5) is 17.6 Å². The van der Waals surface area contributed by atoms with Crippen molar-refractivity contribution >= 4 is 39.9 Å². The number of amides is 1. The van der Waals surface area contributed by atoms with E-state index in [9.17, 15) is 18.0 Å². The molecule has 6 rings (SSSR count). The van der Waals surface area contributed by atoms with E-state index in [2.05, 4.69) is 24.1 Å². The number of benzene rings is 4. The molecule has 0 aromatic heterocycles. The van der Waals surface area contributed by atoms with E-state index in [-0.39, 0.29) is 40.0 Å². The van der Waals surface area contributed by atoms with Gasteiger partial charge in [0.05, 0.1) is 17.0 Å². The molecule has 0 bridgehead atoms. The number of hydrazine groups is 2. The highest BCUT2D eigenvalue weighted by Crippen LogP contribution is 2.47. The predicted molar refractivity (Wildman–Crippen MR) is 169 cm³/mol. The maximum atomic E-state index is 15.1. The Morgan fingerprint density at radius 1 is 0.844 bits per heavy atom. The molecule has 2 N–H and O–H groups in total. The number of nitrogens with one attached hydrogen (secondary N) is 2. The van der Waals surface area contributed by atoms with E-state index >= 15 is 4.39 Å². The first-order chi connectivity index (χ1) is 21.4. The van der Waals surface area contributed by atoms with Crippen LogP contribution in [0.1, 0.15) is 38.9 Å². The molecule has 0 fully saturated rings. The van der Waals surface area contributed by atoms with Crippen LogP contribution in [0.2, 0.25) is 5.02 Å². The molecule has 1 amide bonds. The van der Waals surface area contributed by atoms with Crippen LogP contribution >= 0.6 is 11.6 Å². The fourth-order valence-electron chi connectivity index (χ4n) is 5.76. The molecular weight excluding hydrogens is 602 g/mol. The van der Waals surface area contributed by atoms with Crippen molar-refractivity contribution in [3.8, 4) is 0 Å². The highest BCUT2D eigenvalue weighted by atomic mass is 35.5. The Morgan fingerprint density at radius 2 is 1.51 bits per heavy atom. The van der Waals surface area contributed by atoms with Gasteiger partial charge < -0.3 is 0 Å². The molecule has 0 unspecified atom stereocenters. The Morgan fingerprint density at radius 3 is 2.20 bits per heavy atom. The Balaban J connectivity index is 1.36. The van der Waals surface area contributed by atoms with Gasteiger partial charge in [0.2, 0.25) is 0 Å². The second-order valence-corrected chi connectivity index (χ2v) is 11.4. The third-order valence-corrected chi connectivity index (χ3v) is 8.16. The highest BCUT2D eigenvalue weighted by molar-refractivity contribution is 6.30. The average molecular weight is 628 g/mol. The first-order valence-corrected chi connectivity index (χ1v) is 14.3. The Labute approximate surface area is 262 Å². The van der Waals surface area contributed by atoms with Gasteiger partial charge in [0.15, 0.2) is 0 Å². The number of halogens is 5. The zero-order valence-electron chi connectivity index (χ0n) is 24.3. The van der Waals surface area contributed by atoms with Gasteiger partial charge in [0, 0.05) is 21.7 Å².